The van der Waals surface area contributed by atoms with E-state index in [-0.39, 0.29) is 24.3 Å². The fourth-order valence-electron chi connectivity index (χ4n) is 1.90. The van der Waals surface area contributed by atoms with Gasteiger partial charge in [-0.3, -0.25) is 0 Å². The molecule has 7 heteroatoms. The van der Waals surface area contributed by atoms with Crippen LogP contribution in [0.1, 0.15) is 35.3 Å². The smallest absolute Gasteiger partial charge is 0.355 e. The monoisotopic (exact) mass is 269 g/mol. The molecule has 0 aromatic carbocycles. The molecule has 2 amide bonds. The van der Waals surface area contributed by atoms with Gasteiger partial charge in [-0.05, 0) is 18.8 Å². The number of aromatic carboxylic acids is 1. The molecule has 6 nitrogen and oxygen atoms in total. The number of hydrogen-bond donors (Lipinski definition) is 3. The lowest BCUT2D eigenvalue weighted by Gasteiger charge is -2.33. The number of amides is 2. The van der Waals surface area contributed by atoms with Crippen molar-refractivity contribution in [3.8, 4) is 0 Å². The Morgan fingerprint density at radius 1 is 1.56 bits per heavy atom. The van der Waals surface area contributed by atoms with Crippen LogP contribution in [0.3, 0.4) is 0 Å². The van der Waals surface area contributed by atoms with Crippen LogP contribution in [-0.2, 0) is 6.54 Å². The normalized spacial score (nSPS) is 22.1. The van der Waals surface area contributed by atoms with Crippen LogP contribution in [0, 0.1) is 5.92 Å². The average Bonchev–Trinajstić information content (AvgIpc) is 2.73. The molecule has 1 aliphatic carbocycles. The Morgan fingerprint density at radius 3 is 2.83 bits per heavy atom. The molecule has 1 aromatic rings. The van der Waals surface area contributed by atoms with Crippen LogP contribution >= 0.6 is 11.3 Å². The van der Waals surface area contributed by atoms with Gasteiger partial charge in [0, 0.05) is 11.4 Å². The second-order valence-electron chi connectivity index (χ2n) is 4.53. The highest BCUT2D eigenvalue weighted by Gasteiger charge is 2.26. The number of carboxylic acid groups (broad SMARTS) is 1. The van der Waals surface area contributed by atoms with E-state index in [1.54, 1.807) is 0 Å². The van der Waals surface area contributed by atoms with Crippen molar-refractivity contribution in [3.05, 3.63) is 16.1 Å². The third-order valence-corrected chi connectivity index (χ3v) is 3.73. The number of carbonyl (C=O) groups excluding carboxylic acids is 1. The number of hydrogen-bond acceptors (Lipinski definition) is 4. The Balaban J connectivity index is 1.73. The number of nitrogens with zero attached hydrogens (tertiary/aromatic N) is 1. The van der Waals surface area contributed by atoms with Gasteiger partial charge in [-0.25, -0.2) is 14.6 Å². The Bertz CT molecular complexity index is 454. The highest BCUT2D eigenvalue weighted by atomic mass is 32.1. The Morgan fingerprint density at radius 2 is 2.28 bits per heavy atom. The molecule has 0 spiro atoms. The average molecular weight is 269 g/mol. The molecule has 0 saturated heterocycles. The van der Waals surface area contributed by atoms with Crippen molar-refractivity contribution in [2.45, 2.75) is 32.4 Å². The van der Waals surface area contributed by atoms with Gasteiger partial charge in [0.2, 0.25) is 0 Å². The molecule has 98 valence electrons. The van der Waals surface area contributed by atoms with E-state index in [0.29, 0.717) is 10.9 Å². The Labute approximate surface area is 108 Å². The summed E-state index contributed by atoms with van der Waals surface area (Å²) in [4.78, 5) is 26.0. The minimum Gasteiger partial charge on any atom is -0.476 e. The van der Waals surface area contributed by atoms with Crippen LogP contribution < -0.4 is 10.6 Å². The molecule has 3 N–H and O–H groups in total. The summed E-state index contributed by atoms with van der Waals surface area (Å²) in [5, 5.41) is 16.3. The summed E-state index contributed by atoms with van der Waals surface area (Å²) in [5.74, 6) is -0.363. The summed E-state index contributed by atoms with van der Waals surface area (Å²) in [6, 6.07) is 0.0462. The maximum Gasteiger partial charge on any atom is 0.355 e. The van der Waals surface area contributed by atoms with Crippen molar-refractivity contribution in [1.29, 1.82) is 0 Å². The number of carboxylic acids is 1. The Kier molecular flexibility index (Phi) is 3.81. The highest BCUT2D eigenvalue weighted by molar-refractivity contribution is 7.09. The van der Waals surface area contributed by atoms with E-state index in [4.69, 9.17) is 5.11 Å². The Hall–Kier alpha value is -1.63. The largest absolute Gasteiger partial charge is 0.476 e. The molecule has 1 aromatic heterocycles. The van der Waals surface area contributed by atoms with Gasteiger partial charge in [-0.1, -0.05) is 6.92 Å². The molecule has 0 aliphatic heterocycles. The molecule has 0 radical (unpaired) electrons. The third kappa shape index (κ3) is 3.19. The summed E-state index contributed by atoms with van der Waals surface area (Å²) in [7, 11) is 0. The lowest BCUT2D eigenvalue weighted by Crippen LogP contribution is -2.47. The molecule has 0 atom stereocenters. The maximum atomic E-state index is 11.5. The number of nitrogens with one attached hydrogen (secondary N) is 2. The quantitative estimate of drug-likeness (QED) is 0.771. The topological polar surface area (TPSA) is 91.3 Å². The van der Waals surface area contributed by atoms with Gasteiger partial charge in [0.1, 0.15) is 5.01 Å². The fourth-order valence-corrected chi connectivity index (χ4v) is 2.61. The number of rotatable bonds is 4. The zero-order valence-electron chi connectivity index (χ0n) is 9.97. The fraction of sp³-hybridized carbons (Fsp3) is 0.545. The molecule has 0 bridgehead atoms. The molecule has 2 rings (SSSR count). The molecular formula is C11H15N3O3S. The van der Waals surface area contributed by atoms with Crippen molar-refractivity contribution in [2.75, 3.05) is 0 Å². The van der Waals surface area contributed by atoms with Gasteiger partial charge in [0.25, 0.3) is 0 Å². The summed E-state index contributed by atoms with van der Waals surface area (Å²) < 4.78 is 0. The number of aromatic nitrogens is 1. The van der Waals surface area contributed by atoms with E-state index in [1.807, 2.05) is 0 Å². The van der Waals surface area contributed by atoms with Gasteiger partial charge >= 0.3 is 12.0 Å². The summed E-state index contributed by atoms with van der Waals surface area (Å²) in [6.45, 7) is 2.41. The summed E-state index contributed by atoms with van der Waals surface area (Å²) in [6.07, 6.45) is 2.04. The first-order chi connectivity index (χ1) is 8.54. The van der Waals surface area contributed by atoms with Crippen LogP contribution in [0.25, 0.3) is 0 Å². The van der Waals surface area contributed by atoms with Gasteiger partial charge in [-0.15, -0.1) is 11.3 Å². The molecule has 1 saturated carbocycles. The van der Waals surface area contributed by atoms with Gasteiger partial charge in [0.15, 0.2) is 5.69 Å². The van der Waals surface area contributed by atoms with Crippen molar-refractivity contribution in [1.82, 2.24) is 15.6 Å². The molecule has 1 fully saturated rings. The number of carbonyl (C=O) groups is 2. The van der Waals surface area contributed by atoms with Crippen LogP contribution in [0.15, 0.2) is 5.38 Å². The highest BCUT2D eigenvalue weighted by Crippen LogP contribution is 2.25. The van der Waals surface area contributed by atoms with Crippen molar-refractivity contribution in [2.24, 2.45) is 5.92 Å². The van der Waals surface area contributed by atoms with Crippen molar-refractivity contribution >= 4 is 23.3 Å². The van der Waals surface area contributed by atoms with E-state index >= 15 is 0 Å². The molecule has 1 heterocycles. The van der Waals surface area contributed by atoms with Gasteiger partial charge in [0.05, 0.1) is 6.54 Å². The van der Waals surface area contributed by atoms with Crippen LogP contribution in [-0.4, -0.2) is 28.1 Å². The molecule has 1 aliphatic rings. The van der Waals surface area contributed by atoms with E-state index in [2.05, 4.69) is 22.5 Å². The lowest BCUT2D eigenvalue weighted by atomic mass is 9.82. The zero-order chi connectivity index (χ0) is 13.1. The van der Waals surface area contributed by atoms with Crippen molar-refractivity contribution < 1.29 is 14.7 Å². The van der Waals surface area contributed by atoms with E-state index < -0.39 is 5.97 Å². The predicted molar refractivity (Wildman–Crippen MR) is 66.6 cm³/mol. The second kappa shape index (κ2) is 5.34. The van der Waals surface area contributed by atoms with Gasteiger partial charge in [-0.2, -0.15) is 0 Å². The van der Waals surface area contributed by atoms with Crippen LogP contribution in [0.2, 0.25) is 0 Å². The number of urea groups is 1. The van der Waals surface area contributed by atoms with E-state index in [0.717, 1.165) is 12.8 Å². The first-order valence-electron chi connectivity index (χ1n) is 5.76. The van der Waals surface area contributed by atoms with Crippen molar-refractivity contribution in [3.63, 3.8) is 0 Å². The lowest BCUT2D eigenvalue weighted by molar-refractivity contribution is 0.0691. The van der Waals surface area contributed by atoms with Gasteiger partial charge < -0.3 is 15.7 Å². The SMILES string of the molecule is CC1CC(NC(=O)NCc2nc(C(=O)O)cs2)C1. The molecular weight excluding hydrogens is 254 g/mol. The van der Waals surface area contributed by atoms with Crippen LogP contribution in [0.4, 0.5) is 4.79 Å². The number of thiazole rings is 1. The maximum absolute atomic E-state index is 11.5. The summed E-state index contributed by atoms with van der Waals surface area (Å²) in [5.41, 5.74) is 0.0185. The first-order valence-corrected chi connectivity index (χ1v) is 6.64. The summed E-state index contributed by atoms with van der Waals surface area (Å²) >= 11 is 1.22. The molecule has 0 unspecified atom stereocenters. The zero-order valence-corrected chi connectivity index (χ0v) is 10.8. The minimum absolute atomic E-state index is 0.0185. The predicted octanol–water partition coefficient (Wildman–Crippen LogP) is 1.44. The van der Waals surface area contributed by atoms with E-state index in [9.17, 15) is 9.59 Å². The molecule has 18 heavy (non-hydrogen) atoms. The van der Waals surface area contributed by atoms with E-state index in [1.165, 1.54) is 16.7 Å². The third-order valence-electron chi connectivity index (χ3n) is 2.88. The standard InChI is InChI=1S/C11H15N3O3S/c1-6-2-7(3-6)13-11(17)12-4-9-14-8(5-18-9)10(15)16/h5-7H,2-4H2,1H3,(H,15,16)(H2,12,13,17). The second-order valence-corrected chi connectivity index (χ2v) is 5.47. The van der Waals surface area contributed by atoms with Crippen LogP contribution in [0.5, 0.6) is 0 Å². The minimum atomic E-state index is -1.05. The first kappa shape index (κ1) is 12.8.